The monoisotopic (exact) mass is 279 g/mol. The van der Waals surface area contributed by atoms with Crippen LogP contribution in [0.4, 0.5) is 4.39 Å². The fraction of sp³-hybridized carbons (Fsp3) is 0.231. The summed E-state index contributed by atoms with van der Waals surface area (Å²) in [5.74, 6) is -0.743. The van der Waals surface area contributed by atoms with Crippen LogP contribution in [0.25, 0.3) is 0 Å². The van der Waals surface area contributed by atoms with Crippen LogP contribution in [0.2, 0.25) is 0 Å². The van der Waals surface area contributed by atoms with Gasteiger partial charge in [0.15, 0.2) is 5.69 Å². The lowest BCUT2D eigenvalue weighted by atomic mass is 10.2. The average molecular weight is 279 g/mol. The molecular formula is C13H14FN3O3. The first kappa shape index (κ1) is 14.2. The number of carbonyl (C=O) groups excluding carboxylic acids is 1. The van der Waals surface area contributed by atoms with Crippen molar-refractivity contribution < 1.29 is 18.7 Å². The van der Waals surface area contributed by atoms with E-state index >= 15 is 0 Å². The molecule has 106 valence electrons. The van der Waals surface area contributed by atoms with Crippen LogP contribution in [0.3, 0.4) is 0 Å². The van der Waals surface area contributed by atoms with E-state index in [4.69, 9.17) is 15.3 Å². The smallest absolute Gasteiger partial charge is 0.273 e. The number of nitrogens with two attached hydrogens (primary N) is 1. The zero-order chi connectivity index (χ0) is 14.5. The normalized spacial score (nSPS) is 12.2. The Labute approximate surface area is 114 Å². The van der Waals surface area contributed by atoms with Crippen molar-refractivity contribution in [1.29, 1.82) is 0 Å². The van der Waals surface area contributed by atoms with Gasteiger partial charge >= 0.3 is 0 Å². The summed E-state index contributed by atoms with van der Waals surface area (Å²) in [7, 11) is 0. The van der Waals surface area contributed by atoms with E-state index in [1.165, 1.54) is 12.1 Å². The van der Waals surface area contributed by atoms with Crippen molar-refractivity contribution in [3.05, 3.63) is 53.5 Å². The molecular weight excluding hydrogens is 265 g/mol. The molecule has 4 N–H and O–H groups in total. The van der Waals surface area contributed by atoms with Crippen molar-refractivity contribution in [3.63, 3.8) is 0 Å². The number of aliphatic hydroxyl groups is 1. The van der Waals surface area contributed by atoms with Crippen molar-refractivity contribution in [1.82, 2.24) is 10.3 Å². The van der Waals surface area contributed by atoms with Gasteiger partial charge in [-0.15, -0.1) is 0 Å². The minimum atomic E-state index is -0.764. The van der Waals surface area contributed by atoms with E-state index < -0.39 is 11.9 Å². The molecule has 1 unspecified atom stereocenters. The van der Waals surface area contributed by atoms with E-state index in [-0.39, 0.29) is 30.6 Å². The van der Waals surface area contributed by atoms with Gasteiger partial charge in [0.05, 0.1) is 6.61 Å². The van der Waals surface area contributed by atoms with Crippen LogP contribution in [-0.4, -0.2) is 22.6 Å². The molecule has 0 spiro atoms. The predicted octanol–water partition coefficient (Wildman–Crippen LogP) is 0.736. The van der Waals surface area contributed by atoms with E-state index in [0.29, 0.717) is 5.56 Å². The lowest BCUT2D eigenvalue weighted by Gasteiger charge is -2.03. The Balaban J connectivity index is 1.96. The first-order valence-corrected chi connectivity index (χ1v) is 5.94. The molecule has 0 bridgehead atoms. The number of hydrogen-bond acceptors (Lipinski definition) is 5. The fourth-order valence-electron chi connectivity index (χ4n) is 1.56. The molecule has 0 fully saturated rings. The summed E-state index contributed by atoms with van der Waals surface area (Å²) in [6, 6.07) is 5.14. The van der Waals surface area contributed by atoms with Gasteiger partial charge in [0.1, 0.15) is 18.1 Å². The molecule has 6 nitrogen and oxygen atoms in total. The summed E-state index contributed by atoms with van der Waals surface area (Å²) in [4.78, 5) is 15.7. The summed E-state index contributed by atoms with van der Waals surface area (Å²) >= 11 is 0. The molecule has 0 aliphatic heterocycles. The highest BCUT2D eigenvalue weighted by atomic mass is 19.1. The number of rotatable bonds is 5. The molecule has 7 heteroatoms. The van der Waals surface area contributed by atoms with E-state index in [9.17, 15) is 9.18 Å². The van der Waals surface area contributed by atoms with Crippen LogP contribution in [0.5, 0.6) is 0 Å². The van der Waals surface area contributed by atoms with Gasteiger partial charge in [-0.05, 0) is 17.7 Å². The van der Waals surface area contributed by atoms with Gasteiger partial charge in [0.2, 0.25) is 5.89 Å². The predicted molar refractivity (Wildman–Crippen MR) is 68.1 cm³/mol. The maximum Gasteiger partial charge on any atom is 0.273 e. The minimum absolute atomic E-state index is 0.0558. The van der Waals surface area contributed by atoms with Crippen LogP contribution in [0.15, 0.2) is 34.9 Å². The van der Waals surface area contributed by atoms with Crippen molar-refractivity contribution in [3.8, 4) is 0 Å². The summed E-state index contributed by atoms with van der Waals surface area (Å²) in [6.07, 6.45) is 1.16. The second-order valence-electron chi connectivity index (χ2n) is 4.17. The van der Waals surface area contributed by atoms with Gasteiger partial charge in [0.25, 0.3) is 5.91 Å². The van der Waals surface area contributed by atoms with Gasteiger partial charge in [-0.3, -0.25) is 4.79 Å². The van der Waals surface area contributed by atoms with Gasteiger partial charge in [-0.25, -0.2) is 9.37 Å². The van der Waals surface area contributed by atoms with Gasteiger partial charge in [0, 0.05) is 6.54 Å². The summed E-state index contributed by atoms with van der Waals surface area (Å²) in [5.41, 5.74) is 6.20. The summed E-state index contributed by atoms with van der Waals surface area (Å²) < 4.78 is 18.0. The number of amides is 1. The molecule has 0 saturated heterocycles. The van der Waals surface area contributed by atoms with Crippen LogP contribution in [0.1, 0.15) is 28.0 Å². The molecule has 1 aromatic carbocycles. The maximum absolute atomic E-state index is 13.0. The van der Waals surface area contributed by atoms with Crippen molar-refractivity contribution in [2.24, 2.45) is 5.73 Å². The Kier molecular flexibility index (Phi) is 4.44. The van der Waals surface area contributed by atoms with Crippen LogP contribution in [-0.2, 0) is 6.54 Å². The Hall–Kier alpha value is -2.25. The number of oxazole rings is 1. The molecule has 1 amide bonds. The van der Waals surface area contributed by atoms with Crippen LogP contribution >= 0.6 is 0 Å². The highest BCUT2D eigenvalue weighted by Gasteiger charge is 2.16. The number of hydrogen-bond donors (Lipinski definition) is 3. The molecule has 1 aromatic heterocycles. The Morgan fingerprint density at radius 3 is 3.05 bits per heavy atom. The number of aliphatic hydroxyl groups excluding tert-OH is 1. The zero-order valence-corrected chi connectivity index (χ0v) is 10.5. The second-order valence-corrected chi connectivity index (χ2v) is 4.17. The zero-order valence-electron chi connectivity index (χ0n) is 10.5. The molecule has 20 heavy (non-hydrogen) atoms. The molecule has 2 rings (SSSR count). The molecule has 1 heterocycles. The number of halogens is 1. The highest BCUT2D eigenvalue weighted by Crippen LogP contribution is 2.09. The average Bonchev–Trinajstić information content (AvgIpc) is 2.94. The Morgan fingerprint density at radius 1 is 1.55 bits per heavy atom. The number of nitrogens with one attached hydrogen (secondary N) is 1. The summed E-state index contributed by atoms with van der Waals surface area (Å²) in [5, 5.41) is 11.4. The van der Waals surface area contributed by atoms with Gasteiger partial charge in [-0.2, -0.15) is 0 Å². The van der Waals surface area contributed by atoms with E-state index in [0.717, 1.165) is 6.26 Å². The molecule has 0 aliphatic rings. The van der Waals surface area contributed by atoms with Crippen LogP contribution < -0.4 is 11.1 Å². The quantitative estimate of drug-likeness (QED) is 0.749. The SMILES string of the molecule is NC(CO)c1nc(C(=O)NCc2cccc(F)c2)co1. The highest BCUT2D eigenvalue weighted by molar-refractivity contribution is 5.91. The Morgan fingerprint density at radius 2 is 2.35 bits per heavy atom. The largest absolute Gasteiger partial charge is 0.446 e. The third-order valence-corrected chi connectivity index (χ3v) is 2.61. The number of carbonyl (C=O) groups is 1. The first-order chi connectivity index (χ1) is 9.60. The van der Waals surface area contributed by atoms with Crippen molar-refractivity contribution in [2.75, 3.05) is 6.61 Å². The number of benzene rings is 1. The molecule has 0 radical (unpaired) electrons. The Bertz CT molecular complexity index is 600. The van der Waals surface area contributed by atoms with E-state index in [1.54, 1.807) is 12.1 Å². The lowest BCUT2D eigenvalue weighted by molar-refractivity contribution is 0.0945. The van der Waals surface area contributed by atoms with Crippen molar-refractivity contribution >= 4 is 5.91 Å². The van der Waals surface area contributed by atoms with Crippen LogP contribution in [0, 0.1) is 5.82 Å². The third-order valence-electron chi connectivity index (χ3n) is 2.61. The first-order valence-electron chi connectivity index (χ1n) is 5.94. The number of aromatic nitrogens is 1. The van der Waals surface area contributed by atoms with E-state index in [1.807, 2.05) is 0 Å². The maximum atomic E-state index is 13.0. The molecule has 1 atom stereocenters. The summed E-state index contributed by atoms with van der Waals surface area (Å²) in [6.45, 7) is -0.157. The van der Waals surface area contributed by atoms with E-state index in [2.05, 4.69) is 10.3 Å². The standard InChI is InChI=1S/C13H14FN3O3/c14-9-3-1-2-8(4-9)5-16-12(19)11-7-20-13(17-11)10(15)6-18/h1-4,7,10,18H,5-6,15H2,(H,16,19). The number of nitrogens with zero attached hydrogens (tertiary/aromatic N) is 1. The van der Waals surface area contributed by atoms with Gasteiger partial charge in [-0.1, -0.05) is 12.1 Å². The molecule has 2 aromatic rings. The minimum Gasteiger partial charge on any atom is -0.446 e. The third kappa shape index (κ3) is 3.40. The van der Waals surface area contributed by atoms with Gasteiger partial charge < -0.3 is 20.6 Å². The van der Waals surface area contributed by atoms with Crippen molar-refractivity contribution in [2.45, 2.75) is 12.6 Å². The molecule has 0 saturated carbocycles. The fourth-order valence-corrected chi connectivity index (χ4v) is 1.56. The topological polar surface area (TPSA) is 101 Å². The lowest BCUT2D eigenvalue weighted by Crippen LogP contribution is -2.23. The molecule has 0 aliphatic carbocycles. The second kappa shape index (κ2) is 6.27.